The molecule has 4 rings (SSSR count). The number of hydrogen-bond donors (Lipinski definition) is 0. The zero-order valence-electron chi connectivity index (χ0n) is 14.5. The molecule has 134 valence electrons. The Morgan fingerprint density at radius 1 is 1.19 bits per heavy atom. The summed E-state index contributed by atoms with van der Waals surface area (Å²) in [5.41, 5.74) is 2.03. The maximum atomic E-state index is 12.8. The van der Waals surface area contributed by atoms with E-state index in [1.54, 1.807) is 35.1 Å². The number of nitrogens with zero attached hydrogens (tertiary/aromatic N) is 5. The summed E-state index contributed by atoms with van der Waals surface area (Å²) in [5.74, 6) is 0.180. The number of thiophene rings is 1. The predicted molar refractivity (Wildman–Crippen MR) is 105 cm³/mol. The van der Waals surface area contributed by atoms with Crippen LogP contribution in [0.2, 0.25) is 0 Å². The molecule has 0 N–H and O–H groups in total. The van der Waals surface area contributed by atoms with E-state index < -0.39 is 0 Å². The Hall–Kier alpha value is -2.32. The van der Waals surface area contributed by atoms with E-state index in [4.69, 9.17) is 0 Å². The van der Waals surface area contributed by atoms with Crippen LogP contribution in [0.4, 0.5) is 5.69 Å². The van der Waals surface area contributed by atoms with E-state index in [0.717, 1.165) is 52.3 Å². The smallest absolute Gasteiger partial charge is 0.228 e. The number of carbonyl (C=O) groups excluding carboxylic acids is 1. The highest BCUT2D eigenvalue weighted by atomic mass is 32.1. The molecular weight excluding hydrogens is 366 g/mol. The fourth-order valence-corrected chi connectivity index (χ4v) is 4.88. The number of hydrogen-bond acceptors (Lipinski definition) is 7. The number of anilines is 1. The van der Waals surface area contributed by atoms with Crippen LogP contribution in [0.1, 0.15) is 9.88 Å². The van der Waals surface area contributed by atoms with E-state index in [-0.39, 0.29) is 5.91 Å². The summed E-state index contributed by atoms with van der Waals surface area (Å²) in [6, 6.07) is 6.04. The van der Waals surface area contributed by atoms with Crippen molar-refractivity contribution >= 4 is 34.3 Å². The van der Waals surface area contributed by atoms with Crippen LogP contribution in [0.15, 0.2) is 36.0 Å². The van der Waals surface area contributed by atoms with Gasteiger partial charge in [-0.15, -0.1) is 22.7 Å². The lowest BCUT2D eigenvalue weighted by Crippen LogP contribution is -2.49. The quantitative estimate of drug-likeness (QED) is 0.691. The van der Waals surface area contributed by atoms with Crippen LogP contribution in [0.3, 0.4) is 0 Å². The van der Waals surface area contributed by atoms with E-state index in [0.29, 0.717) is 6.42 Å². The highest BCUT2D eigenvalue weighted by Crippen LogP contribution is 2.32. The van der Waals surface area contributed by atoms with Crippen LogP contribution in [0.25, 0.3) is 10.6 Å². The van der Waals surface area contributed by atoms with Crippen molar-refractivity contribution in [2.24, 2.45) is 0 Å². The second-order valence-electron chi connectivity index (χ2n) is 6.13. The molecule has 0 aromatic carbocycles. The third kappa shape index (κ3) is 3.61. The van der Waals surface area contributed by atoms with Crippen LogP contribution in [-0.2, 0) is 11.2 Å². The first-order valence-electron chi connectivity index (χ1n) is 8.50. The van der Waals surface area contributed by atoms with Gasteiger partial charge in [0.15, 0.2) is 0 Å². The van der Waals surface area contributed by atoms with Gasteiger partial charge in [0.05, 0.1) is 40.1 Å². The number of aryl methyl sites for hydroxylation is 1. The summed E-state index contributed by atoms with van der Waals surface area (Å²) in [5, 5.41) is 10.8. The van der Waals surface area contributed by atoms with Crippen molar-refractivity contribution in [2.45, 2.75) is 13.3 Å². The molecular formula is C18H19N5OS2. The standard InChI is InChI=1S/C18H19N5OS2/c1-13-21-18(15-3-2-10-25-15)16(26-13)11-17(24)23-8-6-22(7-9-23)14-4-5-19-20-12-14/h2-5,10,12H,6-9,11H2,1H3. The lowest BCUT2D eigenvalue weighted by atomic mass is 10.2. The summed E-state index contributed by atoms with van der Waals surface area (Å²) < 4.78 is 0. The monoisotopic (exact) mass is 385 g/mol. The minimum atomic E-state index is 0.180. The van der Waals surface area contributed by atoms with Crippen molar-refractivity contribution in [3.8, 4) is 10.6 Å². The molecule has 0 atom stereocenters. The molecule has 6 nitrogen and oxygen atoms in total. The lowest BCUT2D eigenvalue weighted by molar-refractivity contribution is -0.130. The van der Waals surface area contributed by atoms with E-state index >= 15 is 0 Å². The van der Waals surface area contributed by atoms with E-state index in [2.05, 4.69) is 26.1 Å². The molecule has 3 aromatic rings. The third-order valence-electron chi connectivity index (χ3n) is 4.44. The third-order valence-corrected chi connectivity index (χ3v) is 6.28. The number of piperazine rings is 1. The SMILES string of the molecule is Cc1nc(-c2cccs2)c(CC(=O)N2CCN(c3ccnnc3)CC2)s1. The molecule has 0 unspecified atom stereocenters. The van der Waals surface area contributed by atoms with Crippen molar-refractivity contribution in [1.29, 1.82) is 0 Å². The van der Waals surface area contributed by atoms with Gasteiger partial charge in [0.1, 0.15) is 0 Å². The Labute approximate surface area is 160 Å². The first kappa shape index (κ1) is 17.1. The van der Waals surface area contributed by atoms with Gasteiger partial charge in [-0.25, -0.2) is 4.98 Å². The van der Waals surface area contributed by atoms with Gasteiger partial charge in [-0.3, -0.25) is 4.79 Å². The minimum absolute atomic E-state index is 0.180. The van der Waals surface area contributed by atoms with Crippen molar-refractivity contribution in [1.82, 2.24) is 20.1 Å². The van der Waals surface area contributed by atoms with Crippen molar-refractivity contribution in [3.05, 3.63) is 45.9 Å². The average molecular weight is 386 g/mol. The van der Waals surface area contributed by atoms with Gasteiger partial charge in [0.2, 0.25) is 5.91 Å². The Morgan fingerprint density at radius 2 is 2.04 bits per heavy atom. The molecule has 4 heterocycles. The highest BCUT2D eigenvalue weighted by Gasteiger charge is 2.23. The van der Waals surface area contributed by atoms with Crippen molar-refractivity contribution < 1.29 is 4.79 Å². The fraction of sp³-hybridized carbons (Fsp3) is 0.333. The van der Waals surface area contributed by atoms with Crippen LogP contribution in [0, 0.1) is 6.92 Å². The predicted octanol–water partition coefficient (Wildman–Crippen LogP) is 2.86. The second kappa shape index (κ2) is 7.51. The molecule has 1 saturated heterocycles. The number of amides is 1. The number of aromatic nitrogens is 3. The molecule has 1 amide bonds. The maximum Gasteiger partial charge on any atom is 0.228 e. The Morgan fingerprint density at radius 3 is 2.73 bits per heavy atom. The molecule has 1 aliphatic heterocycles. The Bertz CT molecular complexity index is 870. The van der Waals surface area contributed by atoms with Crippen LogP contribution < -0.4 is 4.90 Å². The number of carbonyl (C=O) groups is 1. The van der Waals surface area contributed by atoms with Crippen LogP contribution in [0.5, 0.6) is 0 Å². The molecule has 0 bridgehead atoms. The fourth-order valence-electron chi connectivity index (χ4n) is 3.13. The molecule has 1 fully saturated rings. The number of thiazole rings is 1. The first-order chi connectivity index (χ1) is 12.7. The highest BCUT2D eigenvalue weighted by molar-refractivity contribution is 7.15. The summed E-state index contributed by atoms with van der Waals surface area (Å²) in [4.78, 5) is 23.8. The van der Waals surface area contributed by atoms with Gasteiger partial charge >= 0.3 is 0 Å². The molecule has 0 saturated carbocycles. The summed E-state index contributed by atoms with van der Waals surface area (Å²) >= 11 is 3.29. The molecule has 1 aliphatic rings. The minimum Gasteiger partial charge on any atom is -0.367 e. The second-order valence-corrected chi connectivity index (χ2v) is 8.36. The Balaban J connectivity index is 1.41. The molecule has 3 aromatic heterocycles. The Kier molecular flexibility index (Phi) is 4.94. The zero-order valence-corrected chi connectivity index (χ0v) is 16.1. The van der Waals surface area contributed by atoms with Gasteiger partial charge < -0.3 is 9.80 Å². The maximum absolute atomic E-state index is 12.8. The molecule has 26 heavy (non-hydrogen) atoms. The van der Waals surface area contributed by atoms with Crippen molar-refractivity contribution in [2.75, 3.05) is 31.1 Å². The molecule has 0 aliphatic carbocycles. The van der Waals surface area contributed by atoms with E-state index in [9.17, 15) is 4.79 Å². The van der Waals surface area contributed by atoms with Gasteiger partial charge in [0, 0.05) is 31.1 Å². The number of rotatable bonds is 4. The first-order valence-corrected chi connectivity index (χ1v) is 10.2. The van der Waals surface area contributed by atoms with E-state index in [1.807, 2.05) is 29.3 Å². The molecule has 0 radical (unpaired) electrons. The summed E-state index contributed by atoms with van der Waals surface area (Å²) in [6.45, 7) is 5.09. The molecule has 8 heteroatoms. The van der Waals surface area contributed by atoms with Crippen LogP contribution in [-0.4, -0.2) is 52.2 Å². The topological polar surface area (TPSA) is 62.2 Å². The van der Waals surface area contributed by atoms with Gasteiger partial charge in [0.25, 0.3) is 0 Å². The van der Waals surface area contributed by atoms with Crippen molar-refractivity contribution in [3.63, 3.8) is 0 Å². The zero-order chi connectivity index (χ0) is 17.9. The normalized spacial score (nSPS) is 14.7. The largest absolute Gasteiger partial charge is 0.367 e. The average Bonchev–Trinajstić information content (AvgIpc) is 3.32. The van der Waals surface area contributed by atoms with Crippen LogP contribution >= 0.6 is 22.7 Å². The van der Waals surface area contributed by atoms with Gasteiger partial charge in [-0.1, -0.05) is 6.07 Å². The molecule has 0 spiro atoms. The summed E-state index contributed by atoms with van der Waals surface area (Å²) in [7, 11) is 0. The lowest BCUT2D eigenvalue weighted by Gasteiger charge is -2.35. The van der Waals surface area contributed by atoms with Gasteiger partial charge in [-0.05, 0) is 24.4 Å². The summed E-state index contributed by atoms with van der Waals surface area (Å²) in [6.07, 6.45) is 3.89. The van der Waals surface area contributed by atoms with Gasteiger partial charge in [-0.2, -0.15) is 10.2 Å². The van der Waals surface area contributed by atoms with E-state index in [1.165, 1.54) is 0 Å².